The predicted octanol–water partition coefficient (Wildman–Crippen LogP) is 2.04. The molecule has 2 heterocycles. The third-order valence-corrected chi connectivity index (χ3v) is 5.00. The molecule has 2 amide bonds. The lowest BCUT2D eigenvalue weighted by atomic mass is 9.91. The Bertz CT molecular complexity index is 704. The molecule has 2 aromatic rings. The number of hydrogen-bond donors (Lipinski definition) is 3. The molecule has 128 valence electrons. The number of rotatable bonds is 5. The zero-order valence-electron chi connectivity index (χ0n) is 13.5. The van der Waals surface area contributed by atoms with Crippen LogP contribution in [-0.4, -0.2) is 35.9 Å². The van der Waals surface area contributed by atoms with Gasteiger partial charge in [0.15, 0.2) is 0 Å². The summed E-state index contributed by atoms with van der Waals surface area (Å²) in [5.41, 5.74) is 0.899. The summed E-state index contributed by atoms with van der Waals surface area (Å²) in [6.45, 7) is 2.85. The molecular weight excluding hydrogens is 326 g/mol. The van der Waals surface area contributed by atoms with E-state index in [4.69, 9.17) is 4.74 Å². The molecule has 1 aromatic heterocycles. The molecular formula is C17H21N3O3S. The SMILES string of the molecule is Cc1ncc(CCNC(=O)N[C@H]2c3ccccc3OC[C@H]2CO)s1. The van der Waals surface area contributed by atoms with Crippen molar-refractivity contribution in [3.05, 3.63) is 45.9 Å². The summed E-state index contributed by atoms with van der Waals surface area (Å²) in [4.78, 5) is 17.6. The molecule has 0 saturated heterocycles. The summed E-state index contributed by atoms with van der Waals surface area (Å²) in [5.74, 6) is 0.599. The molecule has 0 radical (unpaired) electrons. The lowest BCUT2D eigenvalue weighted by Crippen LogP contribution is -2.44. The standard InChI is InChI=1S/C17H21N3O3S/c1-11-19-8-13(24-11)6-7-18-17(22)20-16-12(9-21)10-23-15-5-3-2-4-14(15)16/h2-5,8,12,16,21H,6-7,9-10H2,1H3,(H2,18,20,22)/t12-,16-/m1/s1. The van der Waals surface area contributed by atoms with Gasteiger partial charge in [-0.25, -0.2) is 9.78 Å². The zero-order valence-corrected chi connectivity index (χ0v) is 14.3. The molecule has 1 aliphatic heterocycles. The van der Waals surface area contributed by atoms with Crippen molar-refractivity contribution >= 4 is 17.4 Å². The molecule has 24 heavy (non-hydrogen) atoms. The van der Waals surface area contributed by atoms with E-state index in [1.165, 1.54) is 0 Å². The number of amides is 2. The second-order valence-corrected chi connectivity index (χ2v) is 7.08. The van der Waals surface area contributed by atoms with Gasteiger partial charge in [0.1, 0.15) is 5.75 Å². The Morgan fingerprint density at radius 3 is 3.04 bits per heavy atom. The fourth-order valence-electron chi connectivity index (χ4n) is 2.78. The van der Waals surface area contributed by atoms with Gasteiger partial charge < -0.3 is 20.5 Å². The van der Waals surface area contributed by atoms with Crippen LogP contribution in [0, 0.1) is 12.8 Å². The van der Waals surface area contributed by atoms with Crippen LogP contribution in [0.5, 0.6) is 5.75 Å². The maximum absolute atomic E-state index is 12.2. The van der Waals surface area contributed by atoms with Crippen LogP contribution < -0.4 is 15.4 Å². The summed E-state index contributed by atoms with van der Waals surface area (Å²) in [6.07, 6.45) is 2.60. The molecule has 3 N–H and O–H groups in total. The van der Waals surface area contributed by atoms with E-state index in [1.807, 2.05) is 37.4 Å². The van der Waals surface area contributed by atoms with E-state index in [0.29, 0.717) is 13.2 Å². The van der Waals surface area contributed by atoms with Crippen molar-refractivity contribution in [3.63, 3.8) is 0 Å². The van der Waals surface area contributed by atoms with E-state index < -0.39 is 0 Å². The van der Waals surface area contributed by atoms with Crippen molar-refractivity contribution in [2.45, 2.75) is 19.4 Å². The minimum Gasteiger partial charge on any atom is -0.493 e. The van der Waals surface area contributed by atoms with Crippen LogP contribution in [0.15, 0.2) is 30.5 Å². The van der Waals surface area contributed by atoms with Gasteiger partial charge in [-0.2, -0.15) is 0 Å². The van der Waals surface area contributed by atoms with E-state index in [-0.39, 0.29) is 24.6 Å². The van der Waals surface area contributed by atoms with Crippen LogP contribution in [0.25, 0.3) is 0 Å². The van der Waals surface area contributed by atoms with Crippen molar-refractivity contribution in [1.29, 1.82) is 0 Å². The van der Waals surface area contributed by atoms with Gasteiger partial charge >= 0.3 is 6.03 Å². The van der Waals surface area contributed by atoms with E-state index in [1.54, 1.807) is 11.3 Å². The first-order chi connectivity index (χ1) is 11.7. The maximum Gasteiger partial charge on any atom is 0.315 e. The summed E-state index contributed by atoms with van der Waals surface area (Å²) in [7, 11) is 0. The molecule has 1 aromatic carbocycles. The summed E-state index contributed by atoms with van der Waals surface area (Å²) in [5, 5.41) is 16.4. The van der Waals surface area contributed by atoms with E-state index in [0.717, 1.165) is 27.6 Å². The maximum atomic E-state index is 12.2. The van der Waals surface area contributed by atoms with Crippen LogP contribution in [0.4, 0.5) is 4.79 Å². The smallest absolute Gasteiger partial charge is 0.315 e. The van der Waals surface area contributed by atoms with Crippen molar-refractivity contribution < 1.29 is 14.6 Å². The van der Waals surface area contributed by atoms with Gasteiger partial charge in [0.25, 0.3) is 0 Å². The summed E-state index contributed by atoms with van der Waals surface area (Å²) >= 11 is 1.64. The van der Waals surface area contributed by atoms with Gasteiger partial charge in [-0.1, -0.05) is 18.2 Å². The fourth-order valence-corrected chi connectivity index (χ4v) is 3.58. The molecule has 0 spiro atoms. The van der Waals surface area contributed by atoms with Crippen LogP contribution in [0.3, 0.4) is 0 Å². The van der Waals surface area contributed by atoms with E-state index >= 15 is 0 Å². The number of nitrogens with one attached hydrogen (secondary N) is 2. The number of benzene rings is 1. The Kier molecular flexibility index (Phi) is 5.32. The Labute approximate surface area is 144 Å². The van der Waals surface area contributed by atoms with Gasteiger partial charge in [-0.3, -0.25) is 0 Å². The molecule has 2 atom stereocenters. The van der Waals surface area contributed by atoms with Crippen molar-refractivity contribution in [2.75, 3.05) is 19.8 Å². The lowest BCUT2D eigenvalue weighted by Gasteiger charge is -2.33. The molecule has 0 aliphatic carbocycles. The molecule has 7 heteroatoms. The Balaban J connectivity index is 1.58. The molecule has 6 nitrogen and oxygen atoms in total. The number of aromatic nitrogens is 1. The predicted molar refractivity (Wildman–Crippen MR) is 92.3 cm³/mol. The Morgan fingerprint density at radius 1 is 1.46 bits per heavy atom. The Morgan fingerprint density at radius 2 is 2.29 bits per heavy atom. The Hall–Kier alpha value is -2.12. The van der Waals surface area contributed by atoms with Crippen LogP contribution >= 0.6 is 11.3 Å². The van der Waals surface area contributed by atoms with Crippen molar-refractivity contribution in [2.24, 2.45) is 5.92 Å². The summed E-state index contributed by atoms with van der Waals surface area (Å²) < 4.78 is 5.64. The van der Waals surface area contributed by atoms with E-state index in [9.17, 15) is 9.90 Å². The van der Waals surface area contributed by atoms with Crippen molar-refractivity contribution in [3.8, 4) is 5.75 Å². The number of nitrogens with zero attached hydrogens (tertiary/aromatic N) is 1. The number of thiazole rings is 1. The molecule has 0 unspecified atom stereocenters. The third-order valence-electron chi connectivity index (χ3n) is 4.03. The highest BCUT2D eigenvalue weighted by Gasteiger charge is 2.31. The molecule has 0 bridgehead atoms. The van der Waals surface area contributed by atoms with Gasteiger partial charge in [0.05, 0.1) is 24.3 Å². The number of para-hydroxylation sites is 1. The number of aliphatic hydroxyl groups excluding tert-OH is 1. The number of aryl methyl sites for hydroxylation is 1. The molecule has 3 rings (SSSR count). The highest BCUT2D eigenvalue weighted by Crippen LogP contribution is 2.34. The number of aliphatic hydroxyl groups is 1. The minimum atomic E-state index is -0.259. The number of carbonyl (C=O) groups excluding carboxylic acids is 1. The first-order valence-corrected chi connectivity index (χ1v) is 8.77. The fraction of sp³-hybridized carbons (Fsp3) is 0.412. The summed E-state index contributed by atoms with van der Waals surface area (Å²) in [6, 6.07) is 7.10. The minimum absolute atomic E-state index is 0.0422. The number of urea groups is 1. The first kappa shape index (κ1) is 16.7. The van der Waals surface area contributed by atoms with Gasteiger partial charge in [0, 0.05) is 35.5 Å². The highest BCUT2D eigenvalue weighted by atomic mass is 32.1. The van der Waals surface area contributed by atoms with Crippen molar-refractivity contribution in [1.82, 2.24) is 15.6 Å². The number of ether oxygens (including phenoxy) is 1. The van der Waals surface area contributed by atoms with Gasteiger partial charge in [-0.15, -0.1) is 11.3 Å². The van der Waals surface area contributed by atoms with Gasteiger partial charge in [-0.05, 0) is 13.0 Å². The number of hydrogen-bond acceptors (Lipinski definition) is 5. The quantitative estimate of drug-likeness (QED) is 0.773. The van der Waals surface area contributed by atoms with E-state index in [2.05, 4.69) is 15.6 Å². The molecule has 0 fully saturated rings. The normalized spacial score (nSPS) is 19.2. The topological polar surface area (TPSA) is 83.5 Å². The average molecular weight is 347 g/mol. The van der Waals surface area contributed by atoms with Crippen LogP contribution in [0.2, 0.25) is 0 Å². The monoisotopic (exact) mass is 347 g/mol. The average Bonchev–Trinajstić information content (AvgIpc) is 3.00. The second kappa shape index (κ2) is 7.63. The largest absolute Gasteiger partial charge is 0.493 e. The molecule has 0 saturated carbocycles. The van der Waals surface area contributed by atoms with Crippen LogP contribution in [-0.2, 0) is 6.42 Å². The van der Waals surface area contributed by atoms with Gasteiger partial charge in [0.2, 0.25) is 0 Å². The number of carbonyl (C=O) groups is 1. The highest BCUT2D eigenvalue weighted by molar-refractivity contribution is 7.11. The number of fused-ring (bicyclic) bond motifs is 1. The lowest BCUT2D eigenvalue weighted by molar-refractivity contribution is 0.113. The molecule has 1 aliphatic rings. The van der Waals surface area contributed by atoms with Crippen LogP contribution in [0.1, 0.15) is 21.5 Å². The first-order valence-electron chi connectivity index (χ1n) is 7.95. The zero-order chi connectivity index (χ0) is 16.9. The third kappa shape index (κ3) is 3.85. The second-order valence-electron chi connectivity index (χ2n) is 5.76.